The summed E-state index contributed by atoms with van der Waals surface area (Å²) in [5.74, 6) is 0.957. The quantitative estimate of drug-likeness (QED) is 0.762. The van der Waals surface area contributed by atoms with Crippen LogP contribution in [0.2, 0.25) is 0 Å². The second-order valence-electron chi connectivity index (χ2n) is 5.33. The summed E-state index contributed by atoms with van der Waals surface area (Å²) in [4.78, 5) is 5.75. The van der Waals surface area contributed by atoms with Crippen LogP contribution >= 0.6 is 0 Å². The van der Waals surface area contributed by atoms with Gasteiger partial charge in [0.1, 0.15) is 0 Å². The lowest BCUT2D eigenvalue weighted by atomic mass is 9.98. The minimum atomic E-state index is 0.161. The molecule has 1 aliphatic heterocycles. The highest BCUT2D eigenvalue weighted by atomic mass is 15.5. The van der Waals surface area contributed by atoms with Gasteiger partial charge in [0, 0.05) is 36.1 Å². The second kappa shape index (κ2) is 4.33. The van der Waals surface area contributed by atoms with Gasteiger partial charge in [0.15, 0.2) is 5.82 Å². The van der Waals surface area contributed by atoms with Crippen LogP contribution in [-0.4, -0.2) is 38.7 Å². The first-order chi connectivity index (χ1) is 9.83. The molecule has 0 amide bonds. The van der Waals surface area contributed by atoms with Gasteiger partial charge in [-0.1, -0.05) is 13.0 Å². The van der Waals surface area contributed by atoms with Gasteiger partial charge < -0.3 is 9.88 Å². The fourth-order valence-electron chi connectivity index (χ4n) is 2.72. The minimum Gasteiger partial charge on any atom is -0.370 e. The molecule has 2 aromatic heterocycles. The first-order valence-electron chi connectivity index (χ1n) is 6.92. The maximum atomic E-state index is 4.01. The van der Waals surface area contributed by atoms with Crippen molar-refractivity contribution in [1.82, 2.24) is 25.6 Å². The number of aromatic nitrogens is 5. The Morgan fingerprint density at radius 1 is 1.30 bits per heavy atom. The molecule has 2 N–H and O–H groups in total. The van der Waals surface area contributed by atoms with Crippen molar-refractivity contribution in [1.29, 1.82) is 0 Å². The third-order valence-corrected chi connectivity index (χ3v) is 4.15. The Hall–Kier alpha value is -2.37. The molecule has 0 spiro atoms. The summed E-state index contributed by atoms with van der Waals surface area (Å²) >= 11 is 0. The number of nitrogens with zero attached hydrogens (tertiary/aromatic N) is 4. The summed E-state index contributed by atoms with van der Waals surface area (Å²) in [6.45, 7) is 4.41. The maximum Gasteiger partial charge on any atom is 0.155 e. The zero-order valence-electron chi connectivity index (χ0n) is 11.3. The molecule has 6 nitrogen and oxygen atoms in total. The average Bonchev–Trinajstić information content (AvgIpc) is 3.05. The molecule has 0 radical (unpaired) electrons. The van der Waals surface area contributed by atoms with E-state index in [1.807, 2.05) is 0 Å². The van der Waals surface area contributed by atoms with Gasteiger partial charge in [-0.05, 0) is 34.5 Å². The maximum absolute atomic E-state index is 4.01. The van der Waals surface area contributed by atoms with E-state index in [0.29, 0.717) is 0 Å². The Bertz CT molecular complexity index is 725. The van der Waals surface area contributed by atoms with Crippen molar-refractivity contribution in [3.63, 3.8) is 0 Å². The molecule has 1 aromatic carbocycles. The molecule has 1 unspecified atom stereocenters. The van der Waals surface area contributed by atoms with Crippen LogP contribution in [0.5, 0.6) is 0 Å². The van der Waals surface area contributed by atoms with Gasteiger partial charge in [0.2, 0.25) is 0 Å². The number of tetrazole rings is 1. The van der Waals surface area contributed by atoms with E-state index < -0.39 is 0 Å². The fourth-order valence-corrected chi connectivity index (χ4v) is 2.72. The Morgan fingerprint density at radius 2 is 2.20 bits per heavy atom. The molecule has 3 aromatic rings. The molecule has 0 bridgehead atoms. The zero-order valence-corrected chi connectivity index (χ0v) is 11.3. The minimum absolute atomic E-state index is 0.161. The molecule has 102 valence electrons. The number of H-pyrrole nitrogens is 2. The molecule has 1 saturated heterocycles. The standard InChI is InChI=1S/C14H16N6/c1-9(14-16-18-19-17-14)10-3-4-12-11(7-10)13(8-15-12)20-5-2-6-20/h3-4,7-9,15H,2,5-6H2,1H3,(H,16,17,18,19). The first-order valence-corrected chi connectivity index (χ1v) is 6.92. The van der Waals surface area contributed by atoms with E-state index in [1.54, 1.807) is 0 Å². The van der Waals surface area contributed by atoms with E-state index in [2.05, 4.69) is 61.8 Å². The zero-order chi connectivity index (χ0) is 13.5. The Morgan fingerprint density at radius 3 is 2.90 bits per heavy atom. The Balaban J connectivity index is 1.77. The van der Waals surface area contributed by atoms with Crippen LogP contribution in [0.1, 0.15) is 30.7 Å². The van der Waals surface area contributed by atoms with Crippen LogP contribution in [0.25, 0.3) is 10.9 Å². The van der Waals surface area contributed by atoms with Crippen molar-refractivity contribution in [3.05, 3.63) is 35.8 Å². The molecule has 1 aliphatic rings. The largest absolute Gasteiger partial charge is 0.370 e. The molecule has 20 heavy (non-hydrogen) atoms. The molecule has 0 aliphatic carbocycles. The van der Waals surface area contributed by atoms with E-state index in [1.165, 1.54) is 28.6 Å². The van der Waals surface area contributed by atoms with E-state index in [0.717, 1.165) is 18.9 Å². The van der Waals surface area contributed by atoms with Gasteiger partial charge in [0.05, 0.1) is 5.69 Å². The van der Waals surface area contributed by atoms with Crippen molar-refractivity contribution in [3.8, 4) is 0 Å². The molecule has 3 heterocycles. The van der Waals surface area contributed by atoms with Gasteiger partial charge in [-0.2, -0.15) is 0 Å². The third kappa shape index (κ3) is 1.68. The highest BCUT2D eigenvalue weighted by molar-refractivity contribution is 5.93. The summed E-state index contributed by atoms with van der Waals surface area (Å²) in [5.41, 5.74) is 3.70. The van der Waals surface area contributed by atoms with Gasteiger partial charge in [0.25, 0.3) is 0 Å². The van der Waals surface area contributed by atoms with E-state index in [-0.39, 0.29) is 5.92 Å². The predicted octanol–water partition coefficient (Wildman–Crippen LogP) is 2.04. The van der Waals surface area contributed by atoms with Gasteiger partial charge in [-0.15, -0.1) is 5.10 Å². The summed E-state index contributed by atoms with van der Waals surface area (Å²) in [5, 5.41) is 15.4. The number of fused-ring (bicyclic) bond motifs is 1. The van der Waals surface area contributed by atoms with E-state index in [4.69, 9.17) is 0 Å². The van der Waals surface area contributed by atoms with Crippen molar-refractivity contribution in [2.45, 2.75) is 19.3 Å². The fraction of sp³-hybridized carbons (Fsp3) is 0.357. The summed E-state index contributed by atoms with van der Waals surface area (Å²) in [6.07, 6.45) is 3.39. The van der Waals surface area contributed by atoms with Crippen molar-refractivity contribution < 1.29 is 0 Å². The molecular weight excluding hydrogens is 252 g/mol. The van der Waals surface area contributed by atoms with Crippen molar-refractivity contribution >= 4 is 16.6 Å². The Labute approximate surface area is 116 Å². The molecular formula is C14H16N6. The van der Waals surface area contributed by atoms with E-state index >= 15 is 0 Å². The second-order valence-corrected chi connectivity index (χ2v) is 5.33. The first kappa shape index (κ1) is 11.5. The van der Waals surface area contributed by atoms with Crippen LogP contribution in [0, 0.1) is 0 Å². The van der Waals surface area contributed by atoms with Gasteiger partial charge >= 0.3 is 0 Å². The van der Waals surface area contributed by atoms with Crippen LogP contribution < -0.4 is 4.90 Å². The monoisotopic (exact) mass is 268 g/mol. The lowest BCUT2D eigenvalue weighted by Gasteiger charge is -2.32. The average molecular weight is 268 g/mol. The van der Waals surface area contributed by atoms with Gasteiger partial charge in [-0.25, -0.2) is 5.10 Å². The topological polar surface area (TPSA) is 73.5 Å². The smallest absolute Gasteiger partial charge is 0.155 e. The predicted molar refractivity (Wildman–Crippen MR) is 76.8 cm³/mol. The number of hydrogen-bond acceptors (Lipinski definition) is 4. The lowest BCUT2D eigenvalue weighted by molar-refractivity contribution is 0.620. The van der Waals surface area contributed by atoms with Crippen LogP contribution in [0.4, 0.5) is 5.69 Å². The third-order valence-electron chi connectivity index (χ3n) is 4.15. The summed E-state index contributed by atoms with van der Waals surface area (Å²) < 4.78 is 0. The van der Waals surface area contributed by atoms with Crippen molar-refractivity contribution in [2.24, 2.45) is 0 Å². The molecule has 6 heteroatoms. The molecule has 1 atom stereocenters. The number of rotatable bonds is 3. The van der Waals surface area contributed by atoms with Crippen LogP contribution in [0.3, 0.4) is 0 Å². The number of aromatic amines is 2. The Kier molecular flexibility index (Phi) is 2.48. The normalized spacial score (nSPS) is 16.4. The number of benzene rings is 1. The van der Waals surface area contributed by atoms with Crippen LogP contribution in [0.15, 0.2) is 24.4 Å². The lowest BCUT2D eigenvalue weighted by Crippen LogP contribution is -2.36. The summed E-state index contributed by atoms with van der Waals surface area (Å²) in [6, 6.07) is 6.51. The summed E-state index contributed by atoms with van der Waals surface area (Å²) in [7, 11) is 0. The number of anilines is 1. The molecule has 4 rings (SSSR count). The number of nitrogens with one attached hydrogen (secondary N) is 2. The SMILES string of the molecule is CC(c1ccc2[nH]cc(N3CCC3)c2c1)c1nnn[nH]1. The van der Waals surface area contributed by atoms with E-state index in [9.17, 15) is 0 Å². The van der Waals surface area contributed by atoms with Crippen molar-refractivity contribution in [2.75, 3.05) is 18.0 Å². The highest BCUT2D eigenvalue weighted by Gasteiger charge is 2.19. The molecule has 0 saturated carbocycles. The number of hydrogen-bond donors (Lipinski definition) is 2. The highest BCUT2D eigenvalue weighted by Crippen LogP contribution is 2.32. The van der Waals surface area contributed by atoms with Gasteiger partial charge in [-0.3, -0.25) is 0 Å². The van der Waals surface area contributed by atoms with Crippen LogP contribution in [-0.2, 0) is 0 Å². The molecule has 1 fully saturated rings.